The topological polar surface area (TPSA) is 3.24 Å². The lowest BCUT2D eigenvalue weighted by Gasteiger charge is -2.33. The number of benzene rings is 1. The Morgan fingerprint density at radius 2 is 1.67 bits per heavy atom. The lowest BCUT2D eigenvalue weighted by atomic mass is 9.77. The molecule has 1 nitrogen and oxygen atoms in total. The summed E-state index contributed by atoms with van der Waals surface area (Å²) in [7, 11) is 1.74. The fourth-order valence-corrected chi connectivity index (χ4v) is 1.88. The maximum Gasteiger partial charge on any atom is 0.252 e. The van der Waals surface area contributed by atoms with Crippen LogP contribution in [0.3, 0.4) is 0 Å². The molecule has 0 aliphatic rings. The molecule has 99 valence electrons. The van der Waals surface area contributed by atoms with Gasteiger partial charge in [-0.05, 0) is 48.6 Å². The van der Waals surface area contributed by atoms with Crippen molar-refractivity contribution in [1.82, 2.24) is 4.81 Å². The fourth-order valence-electron chi connectivity index (χ4n) is 1.88. The second kappa shape index (κ2) is 6.88. The van der Waals surface area contributed by atoms with Gasteiger partial charge < -0.3 is 4.81 Å². The number of rotatable bonds is 6. The van der Waals surface area contributed by atoms with Crippen LogP contribution in [-0.4, -0.2) is 24.3 Å². The third kappa shape index (κ3) is 3.80. The molecule has 0 aromatic heterocycles. The largest absolute Gasteiger partial charge is 0.337 e. The fraction of sp³-hybridized carbons (Fsp3) is 0.571. The van der Waals surface area contributed by atoms with Crippen LogP contribution in [0.25, 0.3) is 0 Å². The zero-order chi connectivity index (χ0) is 13.7. The van der Waals surface area contributed by atoms with Crippen molar-refractivity contribution in [2.45, 2.75) is 52.6 Å². The van der Waals surface area contributed by atoms with E-state index in [2.05, 4.69) is 32.5 Å². The highest BCUT2D eigenvalue weighted by molar-refractivity contribution is 6.50. The number of hydrogen-bond acceptors (Lipinski definition) is 1. The Balaban J connectivity index is 2.91. The standard InChI is InChI=1S/C14H21BF2N/c1-5-10(3)18(11(4)6-2)15-13-9-12(16)7-8-14(13)17/h7-11H,5-6H2,1-4H3. The summed E-state index contributed by atoms with van der Waals surface area (Å²) in [5.41, 5.74) is 0.315. The van der Waals surface area contributed by atoms with E-state index in [0.29, 0.717) is 17.5 Å². The first-order valence-electron chi connectivity index (χ1n) is 6.56. The van der Waals surface area contributed by atoms with E-state index in [0.717, 1.165) is 18.9 Å². The molecule has 0 saturated carbocycles. The molecular formula is C14H21BF2N. The van der Waals surface area contributed by atoms with Crippen LogP contribution in [0.1, 0.15) is 40.5 Å². The van der Waals surface area contributed by atoms with E-state index in [1.807, 2.05) is 0 Å². The van der Waals surface area contributed by atoms with Crippen LogP contribution < -0.4 is 5.46 Å². The summed E-state index contributed by atoms with van der Waals surface area (Å²) in [5.74, 6) is -0.788. The summed E-state index contributed by atoms with van der Waals surface area (Å²) in [6, 6.07) is 4.17. The minimum absolute atomic E-state index is 0.308. The van der Waals surface area contributed by atoms with Gasteiger partial charge in [0.05, 0.1) is 0 Å². The van der Waals surface area contributed by atoms with Crippen molar-refractivity contribution >= 4 is 12.9 Å². The third-order valence-corrected chi connectivity index (χ3v) is 3.45. The van der Waals surface area contributed by atoms with Gasteiger partial charge in [-0.3, -0.25) is 0 Å². The molecule has 0 amide bonds. The lowest BCUT2D eigenvalue weighted by Crippen LogP contribution is -2.47. The zero-order valence-electron chi connectivity index (χ0n) is 11.6. The first kappa shape index (κ1) is 15.2. The third-order valence-electron chi connectivity index (χ3n) is 3.45. The average molecular weight is 252 g/mol. The van der Waals surface area contributed by atoms with Crippen molar-refractivity contribution in [2.24, 2.45) is 0 Å². The summed E-state index contributed by atoms with van der Waals surface area (Å²) in [5, 5.41) is 0. The Kier molecular flexibility index (Phi) is 5.80. The first-order chi connectivity index (χ1) is 8.49. The van der Waals surface area contributed by atoms with Crippen molar-refractivity contribution in [3.8, 4) is 0 Å². The van der Waals surface area contributed by atoms with E-state index in [1.165, 1.54) is 12.1 Å². The van der Waals surface area contributed by atoms with Gasteiger partial charge in [0.15, 0.2) is 0 Å². The highest BCUT2D eigenvalue weighted by Crippen LogP contribution is 2.10. The maximum atomic E-state index is 13.6. The van der Waals surface area contributed by atoms with Crippen LogP contribution in [0.4, 0.5) is 8.78 Å². The van der Waals surface area contributed by atoms with Crippen molar-refractivity contribution in [3.05, 3.63) is 29.8 Å². The molecule has 2 atom stereocenters. The quantitative estimate of drug-likeness (QED) is 0.703. The van der Waals surface area contributed by atoms with Gasteiger partial charge >= 0.3 is 0 Å². The monoisotopic (exact) mass is 252 g/mol. The Labute approximate surface area is 109 Å². The Morgan fingerprint density at radius 1 is 1.11 bits per heavy atom. The molecule has 0 aliphatic heterocycles. The Bertz CT molecular complexity index is 374. The highest BCUT2D eigenvalue weighted by atomic mass is 19.1. The van der Waals surface area contributed by atoms with E-state index in [9.17, 15) is 8.78 Å². The summed E-state index contributed by atoms with van der Waals surface area (Å²) < 4.78 is 26.8. The van der Waals surface area contributed by atoms with Crippen LogP contribution in [0, 0.1) is 11.6 Å². The molecule has 0 aliphatic carbocycles. The molecule has 18 heavy (non-hydrogen) atoms. The van der Waals surface area contributed by atoms with Gasteiger partial charge in [-0.15, -0.1) is 0 Å². The van der Waals surface area contributed by atoms with Gasteiger partial charge in [-0.2, -0.15) is 0 Å². The second-order valence-corrected chi connectivity index (χ2v) is 4.76. The molecule has 4 heteroatoms. The SMILES string of the molecule is CCC(C)N([B]c1cc(F)ccc1F)C(C)CC. The van der Waals surface area contributed by atoms with Crippen LogP contribution in [-0.2, 0) is 0 Å². The van der Waals surface area contributed by atoms with Crippen molar-refractivity contribution < 1.29 is 8.78 Å². The zero-order valence-corrected chi connectivity index (χ0v) is 11.6. The molecule has 0 saturated heterocycles. The minimum atomic E-state index is -0.407. The van der Waals surface area contributed by atoms with Crippen molar-refractivity contribution in [2.75, 3.05) is 0 Å². The van der Waals surface area contributed by atoms with E-state index < -0.39 is 5.82 Å². The minimum Gasteiger partial charge on any atom is -0.337 e. The van der Waals surface area contributed by atoms with Gasteiger partial charge in [0, 0.05) is 0 Å². The van der Waals surface area contributed by atoms with Gasteiger partial charge in [0.1, 0.15) is 11.6 Å². The van der Waals surface area contributed by atoms with Crippen molar-refractivity contribution in [1.29, 1.82) is 0 Å². The van der Waals surface area contributed by atoms with Crippen LogP contribution in [0.15, 0.2) is 18.2 Å². The molecule has 1 rings (SSSR count). The predicted molar refractivity (Wildman–Crippen MR) is 73.1 cm³/mol. The molecular weight excluding hydrogens is 231 g/mol. The number of nitrogens with zero attached hydrogens (tertiary/aromatic N) is 1. The normalized spacial score (nSPS) is 14.6. The van der Waals surface area contributed by atoms with Crippen LogP contribution in [0.5, 0.6) is 0 Å². The summed E-state index contributed by atoms with van der Waals surface area (Å²) in [6.07, 6.45) is 1.94. The highest BCUT2D eigenvalue weighted by Gasteiger charge is 2.21. The molecule has 0 fully saturated rings. The van der Waals surface area contributed by atoms with Gasteiger partial charge in [-0.1, -0.05) is 27.7 Å². The summed E-state index contributed by atoms with van der Waals surface area (Å²) in [6.45, 7) is 8.38. The second-order valence-electron chi connectivity index (χ2n) is 4.76. The number of hydrogen-bond donors (Lipinski definition) is 0. The molecule has 0 spiro atoms. The lowest BCUT2D eigenvalue weighted by molar-refractivity contribution is 0.271. The van der Waals surface area contributed by atoms with E-state index >= 15 is 0 Å². The smallest absolute Gasteiger partial charge is 0.252 e. The van der Waals surface area contributed by atoms with Crippen molar-refractivity contribution in [3.63, 3.8) is 0 Å². The summed E-state index contributed by atoms with van der Waals surface area (Å²) >= 11 is 0. The predicted octanol–water partition coefficient (Wildman–Crippen LogP) is 3.11. The van der Waals surface area contributed by atoms with Crippen LogP contribution >= 0.6 is 0 Å². The number of halogens is 2. The molecule has 2 unspecified atom stereocenters. The molecule has 0 bridgehead atoms. The average Bonchev–Trinajstić information content (AvgIpc) is 2.38. The summed E-state index contributed by atoms with van der Waals surface area (Å²) in [4.78, 5) is 2.11. The van der Waals surface area contributed by atoms with Gasteiger partial charge in [0.2, 0.25) is 0 Å². The maximum absolute atomic E-state index is 13.6. The van der Waals surface area contributed by atoms with Gasteiger partial charge in [0.25, 0.3) is 7.41 Å². The van der Waals surface area contributed by atoms with E-state index in [1.54, 1.807) is 7.41 Å². The van der Waals surface area contributed by atoms with E-state index in [-0.39, 0.29) is 5.82 Å². The van der Waals surface area contributed by atoms with Crippen LogP contribution in [0.2, 0.25) is 0 Å². The Hall–Kier alpha value is -0.895. The molecule has 1 radical (unpaired) electrons. The Morgan fingerprint density at radius 3 is 2.17 bits per heavy atom. The molecule has 1 aromatic carbocycles. The molecule has 0 N–H and O–H groups in total. The molecule has 1 aromatic rings. The first-order valence-corrected chi connectivity index (χ1v) is 6.56. The van der Waals surface area contributed by atoms with Gasteiger partial charge in [-0.25, -0.2) is 8.78 Å². The van der Waals surface area contributed by atoms with E-state index in [4.69, 9.17) is 0 Å². The molecule has 0 heterocycles.